The maximum Gasteiger partial charge on any atom is 0.337 e. The molecule has 0 bridgehead atoms. The quantitative estimate of drug-likeness (QED) is 0.218. The van der Waals surface area contributed by atoms with Crippen molar-refractivity contribution in [3.05, 3.63) is 102 Å². The van der Waals surface area contributed by atoms with E-state index < -0.39 is 16.0 Å². The van der Waals surface area contributed by atoms with Gasteiger partial charge in [0.05, 0.1) is 12.7 Å². The van der Waals surface area contributed by atoms with Crippen molar-refractivity contribution in [1.82, 2.24) is 9.97 Å². The number of H-pyrrole nitrogens is 1. The van der Waals surface area contributed by atoms with Crippen molar-refractivity contribution in [2.24, 2.45) is 0 Å². The number of anilines is 1. The molecule has 2 N–H and O–H groups in total. The van der Waals surface area contributed by atoms with Crippen LogP contribution in [0.3, 0.4) is 0 Å². The Morgan fingerprint density at radius 3 is 2.44 bits per heavy atom. The zero-order valence-corrected chi connectivity index (χ0v) is 22.1. The number of nitrogens with one attached hydrogen (secondary N) is 2. The third-order valence-corrected chi connectivity index (χ3v) is 9.16. The molecule has 3 heterocycles. The molecule has 0 amide bonds. The summed E-state index contributed by atoms with van der Waals surface area (Å²) in [6, 6.07) is 21.6. The summed E-state index contributed by atoms with van der Waals surface area (Å²) in [7, 11) is -2.42. The standard InChI is InChI=1S/C29H20FN3O4S2/c1-37-29(34)19-6-4-17(5-7-19)23-16-31-28-27(26(23)18-8-10-20(30)11-9-18)22-15-21(12-13-24(22)32-28)33-39(35,36)25-3-2-14-38-25/h2-16,33H,1H3,(H,31,32). The number of carbonyl (C=O) groups excluding carboxylic acids is 1. The maximum absolute atomic E-state index is 13.9. The van der Waals surface area contributed by atoms with E-state index in [1.807, 2.05) is 0 Å². The molecule has 39 heavy (non-hydrogen) atoms. The van der Waals surface area contributed by atoms with Crippen LogP contribution in [0.25, 0.3) is 44.2 Å². The predicted molar refractivity (Wildman–Crippen MR) is 151 cm³/mol. The van der Waals surface area contributed by atoms with Crippen LogP contribution >= 0.6 is 11.3 Å². The Morgan fingerprint density at radius 1 is 1.00 bits per heavy atom. The van der Waals surface area contributed by atoms with Crippen LogP contribution in [0, 0.1) is 5.82 Å². The van der Waals surface area contributed by atoms with Crippen LogP contribution in [-0.2, 0) is 14.8 Å². The second-order valence-electron chi connectivity index (χ2n) is 8.77. The number of aromatic nitrogens is 2. The fourth-order valence-corrected chi connectivity index (χ4v) is 6.62. The maximum atomic E-state index is 13.9. The van der Waals surface area contributed by atoms with E-state index in [0.29, 0.717) is 16.9 Å². The smallest absolute Gasteiger partial charge is 0.337 e. The van der Waals surface area contributed by atoms with Gasteiger partial charge in [-0.25, -0.2) is 22.6 Å². The van der Waals surface area contributed by atoms with Gasteiger partial charge in [0.1, 0.15) is 15.7 Å². The average Bonchev–Trinajstić information content (AvgIpc) is 3.62. The summed E-state index contributed by atoms with van der Waals surface area (Å²) in [4.78, 5) is 19.9. The Bertz CT molecular complexity index is 1950. The number of ether oxygens (including phenoxy) is 1. The highest BCUT2D eigenvalue weighted by molar-refractivity contribution is 7.94. The summed E-state index contributed by atoms with van der Waals surface area (Å²) in [6.45, 7) is 0. The van der Waals surface area contributed by atoms with Gasteiger partial charge in [-0.3, -0.25) is 4.72 Å². The lowest BCUT2D eigenvalue weighted by atomic mass is 9.92. The molecule has 0 atom stereocenters. The number of pyridine rings is 1. The molecular formula is C29H20FN3O4S2. The predicted octanol–water partition coefficient (Wildman–Crippen LogP) is 6.84. The lowest BCUT2D eigenvalue weighted by Crippen LogP contribution is -2.11. The number of carbonyl (C=O) groups is 1. The van der Waals surface area contributed by atoms with E-state index in [1.54, 1.807) is 78.3 Å². The minimum Gasteiger partial charge on any atom is -0.465 e. The number of halogens is 1. The summed E-state index contributed by atoms with van der Waals surface area (Å²) in [6.07, 6.45) is 1.73. The van der Waals surface area contributed by atoms with E-state index in [4.69, 9.17) is 4.74 Å². The number of rotatable bonds is 6. The summed E-state index contributed by atoms with van der Waals surface area (Å²) >= 11 is 1.14. The Labute approximate surface area is 227 Å². The molecule has 0 unspecified atom stereocenters. The van der Waals surface area contributed by atoms with Gasteiger partial charge in [0.15, 0.2) is 0 Å². The van der Waals surface area contributed by atoms with Crippen molar-refractivity contribution in [2.45, 2.75) is 4.21 Å². The number of hydrogen-bond donors (Lipinski definition) is 2. The molecule has 0 fully saturated rings. The number of aromatic amines is 1. The number of fused-ring (bicyclic) bond motifs is 3. The third kappa shape index (κ3) is 4.53. The summed E-state index contributed by atoms with van der Waals surface area (Å²) in [5.74, 6) is -0.805. The van der Waals surface area contributed by atoms with Gasteiger partial charge >= 0.3 is 5.97 Å². The SMILES string of the molecule is COC(=O)c1ccc(-c2cnc3[nH]c4ccc(NS(=O)(=O)c5cccs5)cc4c3c2-c2ccc(F)cc2)cc1. The van der Waals surface area contributed by atoms with Crippen molar-refractivity contribution in [2.75, 3.05) is 11.8 Å². The third-order valence-electron chi connectivity index (χ3n) is 6.38. The van der Waals surface area contributed by atoms with Crippen LogP contribution in [0.1, 0.15) is 10.4 Å². The van der Waals surface area contributed by atoms with E-state index >= 15 is 0 Å². The molecule has 0 spiro atoms. The molecule has 7 nitrogen and oxygen atoms in total. The van der Waals surface area contributed by atoms with Gasteiger partial charge in [0.2, 0.25) is 0 Å². The molecular weight excluding hydrogens is 537 g/mol. The summed E-state index contributed by atoms with van der Waals surface area (Å²) in [5, 5.41) is 3.21. The first-order chi connectivity index (χ1) is 18.8. The van der Waals surface area contributed by atoms with Crippen LogP contribution in [0.15, 0.2) is 94.6 Å². The Morgan fingerprint density at radius 2 is 1.74 bits per heavy atom. The van der Waals surface area contributed by atoms with Crippen molar-refractivity contribution >= 4 is 55.0 Å². The molecule has 6 aromatic rings. The largest absolute Gasteiger partial charge is 0.465 e. The van der Waals surface area contributed by atoms with Crippen molar-refractivity contribution in [3.63, 3.8) is 0 Å². The monoisotopic (exact) mass is 557 g/mol. The molecule has 6 rings (SSSR count). The van der Waals surface area contributed by atoms with Gasteiger partial charge in [-0.1, -0.05) is 30.3 Å². The average molecular weight is 558 g/mol. The molecule has 194 valence electrons. The minimum atomic E-state index is -3.74. The number of benzene rings is 3. The topological polar surface area (TPSA) is 101 Å². The minimum absolute atomic E-state index is 0.216. The Hall–Kier alpha value is -4.54. The van der Waals surface area contributed by atoms with Crippen LogP contribution in [-0.4, -0.2) is 31.5 Å². The van der Waals surface area contributed by atoms with Crippen LogP contribution in [0.4, 0.5) is 10.1 Å². The highest BCUT2D eigenvalue weighted by atomic mass is 32.2. The normalized spacial score (nSPS) is 11.6. The van der Waals surface area contributed by atoms with Gasteiger partial charge < -0.3 is 9.72 Å². The van der Waals surface area contributed by atoms with Crippen molar-refractivity contribution in [1.29, 1.82) is 0 Å². The van der Waals surface area contributed by atoms with Gasteiger partial charge in [-0.05, 0) is 65.0 Å². The Balaban J connectivity index is 1.57. The van der Waals surface area contributed by atoms with E-state index in [1.165, 1.54) is 19.2 Å². The van der Waals surface area contributed by atoms with E-state index in [0.717, 1.165) is 49.9 Å². The number of esters is 1. The fourth-order valence-electron chi connectivity index (χ4n) is 4.58. The molecule has 3 aromatic carbocycles. The number of thiophene rings is 1. The van der Waals surface area contributed by atoms with Crippen LogP contribution in [0.2, 0.25) is 0 Å². The van der Waals surface area contributed by atoms with E-state index in [9.17, 15) is 17.6 Å². The van der Waals surface area contributed by atoms with Crippen molar-refractivity contribution < 1.29 is 22.3 Å². The molecule has 3 aromatic heterocycles. The highest BCUT2D eigenvalue weighted by Gasteiger charge is 2.20. The van der Waals surface area contributed by atoms with Gasteiger partial charge in [0, 0.05) is 39.3 Å². The van der Waals surface area contributed by atoms with Crippen LogP contribution in [0.5, 0.6) is 0 Å². The number of sulfonamides is 1. The number of hydrogen-bond acceptors (Lipinski definition) is 6. The van der Waals surface area contributed by atoms with E-state index in [-0.39, 0.29) is 10.0 Å². The van der Waals surface area contributed by atoms with Crippen LogP contribution < -0.4 is 4.72 Å². The highest BCUT2D eigenvalue weighted by Crippen LogP contribution is 2.41. The molecule has 0 aliphatic heterocycles. The molecule has 0 aliphatic rings. The van der Waals surface area contributed by atoms with Gasteiger partial charge in [0.25, 0.3) is 10.0 Å². The van der Waals surface area contributed by atoms with E-state index in [2.05, 4.69) is 14.7 Å². The zero-order chi connectivity index (χ0) is 27.1. The molecule has 0 aliphatic carbocycles. The van der Waals surface area contributed by atoms with Crippen molar-refractivity contribution in [3.8, 4) is 22.3 Å². The first-order valence-corrected chi connectivity index (χ1v) is 14.2. The second kappa shape index (κ2) is 9.64. The lowest BCUT2D eigenvalue weighted by molar-refractivity contribution is 0.0600. The second-order valence-corrected chi connectivity index (χ2v) is 11.6. The summed E-state index contributed by atoms with van der Waals surface area (Å²) < 4.78 is 47.3. The first-order valence-electron chi connectivity index (χ1n) is 11.8. The number of methoxy groups -OCH3 is 1. The lowest BCUT2D eigenvalue weighted by Gasteiger charge is -2.13. The van der Waals surface area contributed by atoms with Gasteiger partial charge in [-0.2, -0.15) is 0 Å². The zero-order valence-electron chi connectivity index (χ0n) is 20.4. The Kier molecular flexibility index (Phi) is 6.13. The molecule has 0 saturated heterocycles. The molecule has 0 radical (unpaired) electrons. The number of nitrogens with zero attached hydrogens (tertiary/aromatic N) is 1. The fraction of sp³-hybridized carbons (Fsp3) is 0.0345. The van der Waals surface area contributed by atoms with Gasteiger partial charge in [-0.15, -0.1) is 11.3 Å². The first kappa shape index (κ1) is 24.8. The molecule has 10 heteroatoms. The molecule has 0 saturated carbocycles. The summed E-state index contributed by atoms with van der Waals surface area (Å²) in [5.41, 5.74) is 5.26.